The molecule has 0 saturated heterocycles. The van der Waals surface area contributed by atoms with E-state index in [1.165, 1.54) is 0 Å². The van der Waals surface area contributed by atoms with Gasteiger partial charge in [-0.25, -0.2) is 4.79 Å². The Labute approximate surface area is 230 Å². The Morgan fingerprint density at radius 1 is 0.923 bits per heavy atom. The standard InChI is InChI=1S/C32H39N3O4/c1-20(2)27(34-31(38)39-32(4,5)6)30(37)35(26-18-21(26)3)28(23-13-8-7-9-14-23)29(36)33-25-17-16-22-12-10-11-15-24(22)19-25/h7-17,19-21,26-28H,18H2,1-6H3,(H,33,36)(H,34,38). The van der Waals surface area contributed by atoms with Crippen LogP contribution in [0.15, 0.2) is 72.8 Å². The monoisotopic (exact) mass is 529 g/mol. The molecule has 0 aliphatic heterocycles. The van der Waals surface area contributed by atoms with Gasteiger partial charge in [-0.1, -0.05) is 81.4 Å². The molecule has 0 bridgehead atoms. The van der Waals surface area contributed by atoms with Gasteiger partial charge in [-0.3, -0.25) is 9.59 Å². The van der Waals surface area contributed by atoms with Gasteiger partial charge in [0.25, 0.3) is 5.91 Å². The molecule has 0 spiro atoms. The van der Waals surface area contributed by atoms with Crippen LogP contribution < -0.4 is 10.6 Å². The average Bonchev–Trinajstić information content (AvgIpc) is 3.60. The van der Waals surface area contributed by atoms with Crippen molar-refractivity contribution in [2.45, 2.75) is 71.7 Å². The van der Waals surface area contributed by atoms with E-state index in [9.17, 15) is 14.4 Å². The summed E-state index contributed by atoms with van der Waals surface area (Å²) >= 11 is 0. The van der Waals surface area contributed by atoms with E-state index in [-0.39, 0.29) is 29.7 Å². The molecule has 7 heteroatoms. The Balaban J connectivity index is 1.68. The van der Waals surface area contributed by atoms with E-state index in [0.29, 0.717) is 11.3 Å². The van der Waals surface area contributed by atoms with Gasteiger partial charge in [-0.2, -0.15) is 0 Å². The summed E-state index contributed by atoms with van der Waals surface area (Å²) in [6.45, 7) is 11.2. The number of carbonyl (C=O) groups excluding carboxylic acids is 3. The van der Waals surface area contributed by atoms with Gasteiger partial charge in [0.1, 0.15) is 17.7 Å². The summed E-state index contributed by atoms with van der Waals surface area (Å²) in [7, 11) is 0. The average molecular weight is 530 g/mol. The van der Waals surface area contributed by atoms with Crippen LogP contribution in [0.4, 0.5) is 10.5 Å². The molecule has 1 fully saturated rings. The molecule has 4 atom stereocenters. The first-order valence-electron chi connectivity index (χ1n) is 13.6. The molecule has 3 aromatic rings. The zero-order valence-electron chi connectivity index (χ0n) is 23.6. The number of amides is 3. The topological polar surface area (TPSA) is 87.7 Å². The second-order valence-corrected chi connectivity index (χ2v) is 11.8. The normalized spacial score (nSPS) is 18.2. The number of alkyl carbamates (subject to hydrolysis) is 1. The van der Waals surface area contributed by atoms with Gasteiger partial charge in [-0.15, -0.1) is 0 Å². The molecule has 1 aliphatic carbocycles. The van der Waals surface area contributed by atoms with Gasteiger partial charge in [0.15, 0.2) is 0 Å². The van der Waals surface area contributed by atoms with Crippen LogP contribution in [-0.2, 0) is 14.3 Å². The van der Waals surface area contributed by atoms with E-state index in [1.807, 2.05) is 86.6 Å². The van der Waals surface area contributed by atoms with E-state index in [2.05, 4.69) is 17.6 Å². The third kappa shape index (κ3) is 6.96. The molecule has 39 heavy (non-hydrogen) atoms. The van der Waals surface area contributed by atoms with Crippen molar-refractivity contribution in [3.8, 4) is 0 Å². The molecule has 1 saturated carbocycles. The fraction of sp³-hybridized carbons (Fsp3) is 0.406. The number of anilines is 1. The molecule has 3 aromatic carbocycles. The van der Waals surface area contributed by atoms with Gasteiger partial charge >= 0.3 is 6.09 Å². The van der Waals surface area contributed by atoms with Gasteiger partial charge in [0.05, 0.1) is 0 Å². The van der Waals surface area contributed by atoms with Crippen LogP contribution in [0, 0.1) is 11.8 Å². The second-order valence-electron chi connectivity index (χ2n) is 11.8. The Morgan fingerprint density at radius 2 is 1.54 bits per heavy atom. The summed E-state index contributed by atoms with van der Waals surface area (Å²) < 4.78 is 5.45. The van der Waals surface area contributed by atoms with Crippen molar-refractivity contribution in [2.75, 3.05) is 5.32 Å². The minimum Gasteiger partial charge on any atom is -0.444 e. The highest BCUT2D eigenvalue weighted by Crippen LogP contribution is 2.41. The molecule has 0 aromatic heterocycles. The molecular formula is C32H39N3O4. The van der Waals surface area contributed by atoms with Crippen molar-refractivity contribution in [2.24, 2.45) is 11.8 Å². The number of ether oxygens (including phenoxy) is 1. The summed E-state index contributed by atoms with van der Waals surface area (Å²) in [4.78, 5) is 42.6. The molecular weight excluding hydrogens is 490 g/mol. The number of rotatable bonds is 8. The van der Waals surface area contributed by atoms with E-state index < -0.39 is 23.8 Å². The minimum atomic E-state index is -0.873. The lowest BCUT2D eigenvalue weighted by Gasteiger charge is -2.36. The van der Waals surface area contributed by atoms with Crippen LogP contribution in [0.1, 0.15) is 59.6 Å². The highest BCUT2D eigenvalue weighted by molar-refractivity contribution is 6.00. The molecule has 7 nitrogen and oxygen atoms in total. The fourth-order valence-electron chi connectivity index (χ4n) is 4.83. The number of hydrogen-bond acceptors (Lipinski definition) is 4. The summed E-state index contributed by atoms with van der Waals surface area (Å²) in [5.41, 5.74) is 0.664. The number of carbonyl (C=O) groups is 3. The van der Waals surface area contributed by atoms with Gasteiger partial charge in [-0.05, 0) is 67.5 Å². The first-order valence-corrected chi connectivity index (χ1v) is 13.6. The van der Waals surface area contributed by atoms with Crippen LogP contribution in [0.25, 0.3) is 10.8 Å². The summed E-state index contributed by atoms with van der Waals surface area (Å²) in [5, 5.41) is 7.93. The zero-order chi connectivity index (χ0) is 28.3. The molecule has 4 rings (SSSR count). The maximum absolute atomic E-state index is 14.2. The largest absolute Gasteiger partial charge is 0.444 e. The second kappa shape index (κ2) is 11.5. The van der Waals surface area contributed by atoms with Crippen LogP contribution in [-0.4, -0.2) is 40.5 Å². The predicted molar refractivity (Wildman–Crippen MR) is 154 cm³/mol. The Morgan fingerprint density at radius 3 is 2.13 bits per heavy atom. The highest BCUT2D eigenvalue weighted by Gasteiger charge is 2.48. The number of nitrogens with zero attached hydrogens (tertiary/aromatic N) is 1. The lowest BCUT2D eigenvalue weighted by Crippen LogP contribution is -2.55. The molecule has 0 radical (unpaired) electrons. The van der Waals surface area contributed by atoms with Gasteiger partial charge in [0.2, 0.25) is 5.91 Å². The van der Waals surface area contributed by atoms with Crippen LogP contribution >= 0.6 is 0 Å². The summed E-state index contributed by atoms with van der Waals surface area (Å²) in [5.74, 6) is -0.582. The zero-order valence-corrected chi connectivity index (χ0v) is 23.6. The first-order chi connectivity index (χ1) is 18.4. The first kappa shape index (κ1) is 28.1. The maximum Gasteiger partial charge on any atom is 0.408 e. The van der Waals surface area contributed by atoms with Gasteiger partial charge < -0.3 is 20.3 Å². The highest BCUT2D eigenvalue weighted by atomic mass is 16.6. The summed E-state index contributed by atoms with van der Waals surface area (Å²) in [6.07, 6.45) is 0.130. The molecule has 3 amide bonds. The van der Waals surface area contributed by atoms with Crippen LogP contribution in [0.2, 0.25) is 0 Å². The molecule has 4 unspecified atom stereocenters. The smallest absolute Gasteiger partial charge is 0.408 e. The quantitative estimate of drug-likeness (QED) is 0.358. The molecule has 1 aliphatic rings. The third-order valence-electron chi connectivity index (χ3n) is 6.94. The van der Waals surface area contributed by atoms with E-state index >= 15 is 0 Å². The number of benzene rings is 3. The van der Waals surface area contributed by atoms with Crippen molar-refractivity contribution < 1.29 is 19.1 Å². The van der Waals surface area contributed by atoms with E-state index in [0.717, 1.165) is 17.2 Å². The van der Waals surface area contributed by atoms with Crippen molar-refractivity contribution in [1.82, 2.24) is 10.2 Å². The SMILES string of the molecule is CC(C)C(NC(=O)OC(C)(C)C)C(=O)N(C(C(=O)Nc1ccc2ccccc2c1)c1ccccc1)C1CC1C. The molecule has 0 heterocycles. The van der Waals surface area contributed by atoms with Crippen molar-refractivity contribution in [1.29, 1.82) is 0 Å². The molecule has 2 N–H and O–H groups in total. The van der Waals surface area contributed by atoms with Crippen molar-refractivity contribution >= 4 is 34.4 Å². The predicted octanol–water partition coefficient (Wildman–Crippen LogP) is 6.31. The fourth-order valence-corrected chi connectivity index (χ4v) is 4.83. The number of fused-ring (bicyclic) bond motifs is 1. The van der Waals surface area contributed by atoms with E-state index in [4.69, 9.17) is 4.74 Å². The third-order valence-corrected chi connectivity index (χ3v) is 6.94. The van der Waals surface area contributed by atoms with Crippen molar-refractivity contribution in [3.63, 3.8) is 0 Å². The number of hydrogen-bond donors (Lipinski definition) is 2. The maximum atomic E-state index is 14.2. The Bertz CT molecular complexity index is 1330. The Hall–Kier alpha value is -3.87. The lowest BCUT2D eigenvalue weighted by molar-refractivity contribution is -0.142. The molecule has 206 valence electrons. The van der Waals surface area contributed by atoms with Gasteiger partial charge in [0, 0.05) is 11.7 Å². The van der Waals surface area contributed by atoms with Crippen molar-refractivity contribution in [3.05, 3.63) is 78.4 Å². The van der Waals surface area contributed by atoms with Crippen LogP contribution in [0.3, 0.4) is 0 Å². The Kier molecular flexibility index (Phi) is 8.28. The summed E-state index contributed by atoms with van der Waals surface area (Å²) in [6, 6.07) is 21.2. The van der Waals surface area contributed by atoms with Crippen LogP contribution in [0.5, 0.6) is 0 Å². The lowest BCUT2D eigenvalue weighted by atomic mass is 9.98. The van der Waals surface area contributed by atoms with E-state index in [1.54, 1.807) is 25.7 Å². The number of nitrogens with one attached hydrogen (secondary N) is 2. The minimum absolute atomic E-state index is 0.119.